The van der Waals surface area contributed by atoms with Gasteiger partial charge in [0.15, 0.2) is 0 Å². The maximum Gasteiger partial charge on any atom is 0.353 e. The van der Waals surface area contributed by atoms with Crippen LogP contribution in [0.5, 0.6) is 5.75 Å². The van der Waals surface area contributed by atoms with Crippen molar-refractivity contribution in [3.05, 3.63) is 35.0 Å². The number of benzene rings is 1. The average Bonchev–Trinajstić information content (AvgIpc) is 2.79. The molecule has 0 saturated carbocycles. The Labute approximate surface area is 104 Å². The second-order valence-electron chi connectivity index (χ2n) is 4.06. The minimum atomic E-state index is -1.02. The van der Waals surface area contributed by atoms with Crippen LogP contribution < -0.4 is 4.74 Å². The zero-order valence-electron chi connectivity index (χ0n) is 10.4. The molecule has 0 aliphatic heterocycles. The number of H-pyrrole nitrogens is 1. The third-order valence-corrected chi connectivity index (χ3v) is 2.89. The Bertz CT molecular complexity index is 602. The van der Waals surface area contributed by atoms with Crippen molar-refractivity contribution < 1.29 is 14.6 Å². The van der Waals surface area contributed by atoms with E-state index >= 15 is 0 Å². The lowest BCUT2D eigenvalue weighted by atomic mass is 10.0. The van der Waals surface area contributed by atoms with Gasteiger partial charge in [0, 0.05) is 11.1 Å². The van der Waals surface area contributed by atoms with Crippen molar-refractivity contribution in [2.45, 2.75) is 13.8 Å². The molecule has 1 aromatic heterocycles. The van der Waals surface area contributed by atoms with Crippen LogP contribution in [0, 0.1) is 13.8 Å². The van der Waals surface area contributed by atoms with E-state index in [-0.39, 0.29) is 5.69 Å². The van der Waals surface area contributed by atoms with Gasteiger partial charge in [-0.15, -0.1) is 0 Å². The second-order valence-corrected chi connectivity index (χ2v) is 4.06. The molecule has 0 saturated heterocycles. The number of nitrogens with one attached hydrogen (secondary N) is 1. The molecule has 0 bridgehead atoms. The van der Waals surface area contributed by atoms with Gasteiger partial charge in [-0.2, -0.15) is 5.10 Å². The summed E-state index contributed by atoms with van der Waals surface area (Å²) in [6.07, 6.45) is 0. The summed E-state index contributed by atoms with van der Waals surface area (Å²) >= 11 is 0. The minimum Gasteiger partial charge on any atom is -0.496 e. The first-order valence-electron chi connectivity index (χ1n) is 5.48. The van der Waals surface area contributed by atoms with Gasteiger partial charge in [-0.25, -0.2) is 4.79 Å². The Morgan fingerprint density at radius 3 is 2.67 bits per heavy atom. The lowest BCUT2D eigenvalue weighted by Crippen LogP contribution is -1.95. The van der Waals surface area contributed by atoms with Crippen molar-refractivity contribution in [2.75, 3.05) is 7.11 Å². The van der Waals surface area contributed by atoms with Gasteiger partial charge in [0.1, 0.15) is 11.4 Å². The van der Waals surface area contributed by atoms with Crippen LogP contribution in [0.2, 0.25) is 0 Å². The summed E-state index contributed by atoms with van der Waals surface area (Å²) in [7, 11) is 1.62. The number of hydrogen-bond acceptors (Lipinski definition) is 3. The van der Waals surface area contributed by atoms with Crippen LogP contribution in [0.4, 0.5) is 0 Å². The molecule has 0 spiro atoms. The van der Waals surface area contributed by atoms with Gasteiger partial charge in [0.25, 0.3) is 0 Å². The van der Waals surface area contributed by atoms with E-state index in [4.69, 9.17) is 9.84 Å². The van der Waals surface area contributed by atoms with E-state index in [1.807, 2.05) is 26.0 Å². The van der Waals surface area contributed by atoms with Crippen LogP contribution in [-0.4, -0.2) is 28.4 Å². The predicted molar refractivity (Wildman–Crippen MR) is 67.0 cm³/mol. The van der Waals surface area contributed by atoms with Crippen molar-refractivity contribution in [3.8, 4) is 17.0 Å². The number of aromatic nitrogens is 2. The summed E-state index contributed by atoms with van der Waals surface area (Å²) in [5.74, 6) is -0.224. The molecule has 94 valence electrons. The quantitative estimate of drug-likeness (QED) is 0.872. The van der Waals surface area contributed by atoms with Crippen molar-refractivity contribution in [1.29, 1.82) is 0 Å². The van der Waals surface area contributed by atoms with Gasteiger partial charge in [-0.1, -0.05) is 12.1 Å². The standard InChI is InChI=1S/C13H14N2O3/c1-7-4-5-9(8(2)12(7)18-3)10-6-11(13(16)17)15-14-10/h4-6H,1-3H3,(H,14,15)(H,16,17). The molecule has 5 nitrogen and oxygen atoms in total. The normalized spacial score (nSPS) is 10.4. The van der Waals surface area contributed by atoms with Crippen LogP contribution in [0.3, 0.4) is 0 Å². The number of hydrogen-bond donors (Lipinski definition) is 2. The molecule has 0 radical (unpaired) electrons. The molecule has 0 aliphatic rings. The van der Waals surface area contributed by atoms with Crippen molar-refractivity contribution in [2.24, 2.45) is 0 Å². The highest BCUT2D eigenvalue weighted by Gasteiger charge is 2.14. The fourth-order valence-corrected chi connectivity index (χ4v) is 1.99. The first kappa shape index (κ1) is 12.2. The number of carboxylic acid groups (broad SMARTS) is 1. The number of aromatic carboxylic acids is 1. The Kier molecular flexibility index (Phi) is 3.06. The molecule has 0 aliphatic carbocycles. The average molecular weight is 246 g/mol. The first-order chi connectivity index (χ1) is 8.54. The van der Waals surface area contributed by atoms with Crippen LogP contribution in [0.25, 0.3) is 11.3 Å². The van der Waals surface area contributed by atoms with Gasteiger partial charge < -0.3 is 9.84 Å². The fraction of sp³-hybridized carbons (Fsp3) is 0.231. The zero-order chi connectivity index (χ0) is 13.3. The lowest BCUT2D eigenvalue weighted by molar-refractivity contribution is 0.0690. The number of rotatable bonds is 3. The van der Waals surface area contributed by atoms with Crippen molar-refractivity contribution >= 4 is 5.97 Å². The van der Waals surface area contributed by atoms with Gasteiger partial charge in [0.2, 0.25) is 0 Å². The Balaban J connectivity index is 2.53. The molecule has 2 aromatic rings. The van der Waals surface area contributed by atoms with E-state index in [2.05, 4.69) is 10.2 Å². The summed E-state index contributed by atoms with van der Waals surface area (Å²) in [5, 5.41) is 15.4. The van der Waals surface area contributed by atoms with E-state index in [9.17, 15) is 4.79 Å². The summed E-state index contributed by atoms with van der Waals surface area (Å²) in [4.78, 5) is 10.8. The molecule has 0 atom stereocenters. The summed E-state index contributed by atoms with van der Waals surface area (Å²) in [6.45, 7) is 3.89. The molecule has 2 rings (SSSR count). The Morgan fingerprint density at radius 2 is 2.11 bits per heavy atom. The number of nitrogens with zero attached hydrogens (tertiary/aromatic N) is 1. The third-order valence-electron chi connectivity index (χ3n) is 2.89. The molecule has 0 fully saturated rings. The van der Waals surface area contributed by atoms with Crippen LogP contribution >= 0.6 is 0 Å². The van der Waals surface area contributed by atoms with Crippen LogP contribution in [0.1, 0.15) is 21.6 Å². The van der Waals surface area contributed by atoms with E-state index < -0.39 is 5.97 Å². The third kappa shape index (κ3) is 1.95. The summed E-state index contributed by atoms with van der Waals surface area (Å²) < 4.78 is 5.34. The maximum absolute atomic E-state index is 10.8. The zero-order valence-corrected chi connectivity index (χ0v) is 10.4. The number of methoxy groups -OCH3 is 1. The molecule has 0 unspecified atom stereocenters. The van der Waals surface area contributed by atoms with Crippen LogP contribution in [-0.2, 0) is 0 Å². The highest BCUT2D eigenvalue weighted by atomic mass is 16.5. The molecular weight excluding hydrogens is 232 g/mol. The van der Waals surface area contributed by atoms with Gasteiger partial charge in [-0.3, -0.25) is 5.10 Å². The van der Waals surface area contributed by atoms with Gasteiger partial charge in [0.05, 0.1) is 12.8 Å². The molecule has 18 heavy (non-hydrogen) atoms. The largest absolute Gasteiger partial charge is 0.496 e. The van der Waals surface area contributed by atoms with Crippen molar-refractivity contribution in [3.63, 3.8) is 0 Å². The number of aryl methyl sites for hydroxylation is 1. The summed E-state index contributed by atoms with van der Waals surface area (Å²) in [5.41, 5.74) is 3.52. The number of aromatic amines is 1. The van der Waals surface area contributed by atoms with E-state index in [0.717, 1.165) is 22.4 Å². The van der Waals surface area contributed by atoms with Crippen molar-refractivity contribution in [1.82, 2.24) is 10.2 Å². The highest BCUT2D eigenvalue weighted by Crippen LogP contribution is 2.31. The van der Waals surface area contributed by atoms with E-state index in [0.29, 0.717) is 5.69 Å². The van der Waals surface area contributed by atoms with E-state index in [1.54, 1.807) is 7.11 Å². The predicted octanol–water partition coefficient (Wildman–Crippen LogP) is 2.40. The van der Waals surface area contributed by atoms with Gasteiger partial charge >= 0.3 is 5.97 Å². The lowest BCUT2D eigenvalue weighted by Gasteiger charge is -2.11. The fourth-order valence-electron chi connectivity index (χ4n) is 1.99. The molecule has 1 aromatic carbocycles. The Hall–Kier alpha value is -2.30. The second kappa shape index (κ2) is 4.52. The molecular formula is C13H14N2O3. The van der Waals surface area contributed by atoms with Crippen LogP contribution in [0.15, 0.2) is 18.2 Å². The monoisotopic (exact) mass is 246 g/mol. The SMILES string of the molecule is COc1c(C)ccc(-c2cc(C(=O)O)[nH]n2)c1C. The Morgan fingerprint density at radius 1 is 1.39 bits per heavy atom. The molecule has 1 heterocycles. The first-order valence-corrected chi connectivity index (χ1v) is 5.48. The summed E-state index contributed by atoms with van der Waals surface area (Å²) in [6, 6.07) is 5.35. The molecule has 2 N–H and O–H groups in total. The van der Waals surface area contributed by atoms with E-state index in [1.165, 1.54) is 6.07 Å². The smallest absolute Gasteiger partial charge is 0.353 e. The maximum atomic E-state index is 10.8. The minimum absolute atomic E-state index is 0.0731. The van der Waals surface area contributed by atoms with Gasteiger partial charge in [-0.05, 0) is 25.5 Å². The number of ether oxygens (including phenoxy) is 1. The highest BCUT2D eigenvalue weighted by molar-refractivity contribution is 5.87. The number of carbonyl (C=O) groups is 1. The topological polar surface area (TPSA) is 75.2 Å². The number of carboxylic acids is 1. The molecule has 0 amide bonds. The molecule has 5 heteroatoms.